The fourth-order valence-electron chi connectivity index (χ4n) is 2.81. The highest BCUT2D eigenvalue weighted by molar-refractivity contribution is 6.62. The van der Waals surface area contributed by atoms with Crippen molar-refractivity contribution in [2.75, 3.05) is 6.61 Å². The second kappa shape index (κ2) is 5.90. The standard InChI is InChI=1S/C19H23BO4/c1-6-22-17(21)16-9-7-8-13-12-14(10-11-15(13)16)20-23-18(2,3)19(4,5)24-20/h7-12H,6H2,1-5H3. The molecule has 126 valence electrons. The van der Waals surface area contributed by atoms with Crippen molar-refractivity contribution in [2.24, 2.45) is 0 Å². The molecule has 0 radical (unpaired) electrons. The maximum Gasteiger partial charge on any atom is 0.494 e. The van der Waals surface area contributed by atoms with Gasteiger partial charge in [-0.15, -0.1) is 0 Å². The summed E-state index contributed by atoms with van der Waals surface area (Å²) in [4.78, 5) is 12.1. The van der Waals surface area contributed by atoms with E-state index in [2.05, 4.69) is 0 Å². The molecule has 1 aliphatic heterocycles. The molecule has 0 aromatic heterocycles. The summed E-state index contributed by atoms with van der Waals surface area (Å²) in [5.74, 6) is -0.300. The van der Waals surface area contributed by atoms with Gasteiger partial charge in [0.15, 0.2) is 0 Å². The van der Waals surface area contributed by atoms with Crippen molar-refractivity contribution < 1.29 is 18.8 Å². The zero-order valence-electron chi connectivity index (χ0n) is 14.9. The fourth-order valence-corrected chi connectivity index (χ4v) is 2.81. The van der Waals surface area contributed by atoms with Crippen molar-refractivity contribution >= 4 is 29.3 Å². The second-order valence-corrected chi connectivity index (χ2v) is 7.09. The van der Waals surface area contributed by atoms with Gasteiger partial charge >= 0.3 is 13.1 Å². The highest BCUT2D eigenvalue weighted by atomic mass is 16.7. The zero-order valence-corrected chi connectivity index (χ0v) is 14.9. The summed E-state index contributed by atoms with van der Waals surface area (Å²) in [6.45, 7) is 10.3. The number of carbonyl (C=O) groups is 1. The molecule has 0 unspecified atom stereocenters. The third-order valence-corrected chi connectivity index (χ3v) is 4.93. The van der Waals surface area contributed by atoms with E-state index in [0.29, 0.717) is 12.2 Å². The van der Waals surface area contributed by atoms with Gasteiger partial charge in [0.2, 0.25) is 0 Å². The van der Waals surface area contributed by atoms with Gasteiger partial charge in [-0.25, -0.2) is 4.79 Å². The van der Waals surface area contributed by atoms with Crippen LogP contribution in [0.2, 0.25) is 0 Å². The molecule has 0 bridgehead atoms. The predicted octanol–water partition coefficient (Wildman–Crippen LogP) is 3.32. The van der Waals surface area contributed by atoms with Crippen LogP contribution in [-0.2, 0) is 14.0 Å². The van der Waals surface area contributed by atoms with Gasteiger partial charge < -0.3 is 14.0 Å². The Bertz CT molecular complexity index is 766. The van der Waals surface area contributed by atoms with Crippen molar-refractivity contribution in [1.29, 1.82) is 0 Å². The number of rotatable bonds is 3. The normalized spacial score (nSPS) is 18.8. The van der Waals surface area contributed by atoms with Crippen molar-refractivity contribution in [2.45, 2.75) is 45.8 Å². The Labute approximate surface area is 143 Å². The minimum Gasteiger partial charge on any atom is -0.462 e. The van der Waals surface area contributed by atoms with Gasteiger partial charge in [0, 0.05) is 0 Å². The van der Waals surface area contributed by atoms with E-state index < -0.39 is 7.12 Å². The average molecular weight is 326 g/mol. The molecule has 2 aromatic rings. The minimum absolute atomic E-state index is 0.300. The summed E-state index contributed by atoms with van der Waals surface area (Å²) in [5, 5.41) is 1.84. The molecule has 0 saturated carbocycles. The van der Waals surface area contributed by atoms with Crippen LogP contribution in [0.1, 0.15) is 45.0 Å². The molecule has 2 aromatic carbocycles. The molecule has 0 aliphatic carbocycles. The van der Waals surface area contributed by atoms with Crippen LogP contribution in [0.15, 0.2) is 36.4 Å². The predicted molar refractivity (Wildman–Crippen MR) is 95.6 cm³/mol. The van der Waals surface area contributed by atoms with Crippen LogP contribution in [0.5, 0.6) is 0 Å². The number of fused-ring (bicyclic) bond motifs is 1. The van der Waals surface area contributed by atoms with Crippen molar-refractivity contribution in [3.8, 4) is 0 Å². The Balaban J connectivity index is 1.98. The third kappa shape index (κ3) is 2.83. The molecule has 4 nitrogen and oxygen atoms in total. The Hall–Kier alpha value is -1.85. The molecule has 0 amide bonds. The maximum absolute atomic E-state index is 12.1. The SMILES string of the molecule is CCOC(=O)c1cccc2cc(B3OC(C)(C)C(C)(C)O3)ccc12. The van der Waals surface area contributed by atoms with Gasteiger partial charge in [0.25, 0.3) is 0 Å². The van der Waals surface area contributed by atoms with Gasteiger partial charge in [-0.1, -0.05) is 30.3 Å². The lowest BCUT2D eigenvalue weighted by atomic mass is 9.78. The molecule has 0 N–H and O–H groups in total. The molecule has 1 saturated heterocycles. The van der Waals surface area contributed by atoms with Crippen LogP contribution < -0.4 is 5.46 Å². The quantitative estimate of drug-likeness (QED) is 0.641. The summed E-state index contributed by atoms with van der Waals surface area (Å²) in [7, 11) is -0.411. The van der Waals surface area contributed by atoms with Crippen LogP contribution in [0.3, 0.4) is 0 Å². The minimum atomic E-state index is -0.411. The van der Waals surface area contributed by atoms with Gasteiger partial charge in [-0.2, -0.15) is 0 Å². The first-order valence-electron chi connectivity index (χ1n) is 8.30. The zero-order chi connectivity index (χ0) is 17.5. The largest absolute Gasteiger partial charge is 0.494 e. The molecule has 0 spiro atoms. The lowest BCUT2D eigenvalue weighted by Crippen LogP contribution is -2.41. The van der Waals surface area contributed by atoms with E-state index in [1.54, 1.807) is 13.0 Å². The van der Waals surface area contributed by atoms with E-state index in [1.807, 2.05) is 58.0 Å². The Morgan fingerprint density at radius 1 is 1.08 bits per heavy atom. The average Bonchev–Trinajstić information content (AvgIpc) is 2.74. The van der Waals surface area contributed by atoms with Gasteiger partial charge in [0.05, 0.1) is 23.4 Å². The van der Waals surface area contributed by atoms with Crippen LogP contribution in [0.4, 0.5) is 0 Å². The van der Waals surface area contributed by atoms with Crippen LogP contribution in [-0.4, -0.2) is 30.9 Å². The van der Waals surface area contributed by atoms with E-state index in [-0.39, 0.29) is 17.2 Å². The van der Waals surface area contributed by atoms with Crippen LogP contribution >= 0.6 is 0 Å². The molecular weight excluding hydrogens is 303 g/mol. The highest BCUT2D eigenvalue weighted by Crippen LogP contribution is 2.36. The van der Waals surface area contributed by atoms with E-state index in [0.717, 1.165) is 16.2 Å². The Kier molecular flexibility index (Phi) is 4.18. The lowest BCUT2D eigenvalue weighted by molar-refractivity contribution is 0.00578. The van der Waals surface area contributed by atoms with E-state index >= 15 is 0 Å². The first kappa shape index (κ1) is 17.0. The molecule has 1 fully saturated rings. The number of esters is 1. The number of benzene rings is 2. The summed E-state index contributed by atoms with van der Waals surface area (Å²) >= 11 is 0. The van der Waals surface area contributed by atoms with E-state index in [9.17, 15) is 4.79 Å². The molecule has 0 atom stereocenters. The summed E-state index contributed by atoms with van der Waals surface area (Å²) in [6, 6.07) is 11.5. The van der Waals surface area contributed by atoms with Gasteiger partial charge in [0.1, 0.15) is 0 Å². The third-order valence-electron chi connectivity index (χ3n) is 4.93. The first-order valence-corrected chi connectivity index (χ1v) is 8.30. The van der Waals surface area contributed by atoms with Crippen molar-refractivity contribution in [3.05, 3.63) is 42.0 Å². The topological polar surface area (TPSA) is 44.8 Å². The molecule has 1 heterocycles. The van der Waals surface area contributed by atoms with E-state index in [1.165, 1.54) is 0 Å². The highest BCUT2D eigenvalue weighted by Gasteiger charge is 2.51. The molecule has 5 heteroatoms. The maximum atomic E-state index is 12.1. The summed E-state index contributed by atoms with van der Waals surface area (Å²) in [5.41, 5.74) is 0.774. The fraction of sp³-hybridized carbons (Fsp3) is 0.421. The number of ether oxygens (including phenoxy) is 1. The van der Waals surface area contributed by atoms with Gasteiger partial charge in [-0.3, -0.25) is 0 Å². The number of carbonyl (C=O) groups excluding carboxylic acids is 1. The summed E-state index contributed by atoms with van der Waals surface area (Å²) in [6.07, 6.45) is 0. The monoisotopic (exact) mass is 326 g/mol. The Morgan fingerprint density at radius 3 is 2.38 bits per heavy atom. The first-order chi connectivity index (χ1) is 11.2. The second-order valence-electron chi connectivity index (χ2n) is 7.09. The lowest BCUT2D eigenvalue weighted by Gasteiger charge is -2.32. The van der Waals surface area contributed by atoms with Crippen molar-refractivity contribution in [3.63, 3.8) is 0 Å². The van der Waals surface area contributed by atoms with Gasteiger partial charge in [-0.05, 0) is 56.9 Å². The van der Waals surface area contributed by atoms with Crippen LogP contribution in [0.25, 0.3) is 10.8 Å². The van der Waals surface area contributed by atoms with Crippen LogP contribution in [0, 0.1) is 0 Å². The number of hydrogen-bond donors (Lipinski definition) is 0. The molecule has 1 aliphatic rings. The van der Waals surface area contributed by atoms with Crippen molar-refractivity contribution in [1.82, 2.24) is 0 Å². The van der Waals surface area contributed by atoms with E-state index in [4.69, 9.17) is 14.0 Å². The molecule has 24 heavy (non-hydrogen) atoms. The smallest absolute Gasteiger partial charge is 0.462 e. The number of hydrogen-bond acceptors (Lipinski definition) is 4. The summed E-state index contributed by atoms with van der Waals surface area (Å²) < 4.78 is 17.3. The Morgan fingerprint density at radius 2 is 1.75 bits per heavy atom. The molecular formula is C19H23BO4. The molecule has 3 rings (SSSR count).